The molecule has 0 fully saturated rings. The summed E-state index contributed by atoms with van der Waals surface area (Å²) in [5, 5.41) is 10.7. The monoisotopic (exact) mass is 163 g/mol. The fourth-order valence-corrected chi connectivity index (χ4v) is 1.66. The number of nitrogens with zero attached hydrogens (tertiary/aromatic N) is 1. The predicted molar refractivity (Wildman–Crippen MR) is 47.2 cm³/mol. The Labute approximate surface area is 72.4 Å². The molecule has 0 saturated carbocycles. The number of hydrogen-bond donors (Lipinski definition) is 1. The normalized spacial score (nSPS) is 18.4. The molecule has 0 spiro atoms. The fourth-order valence-electron chi connectivity index (χ4n) is 1.66. The van der Waals surface area contributed by atoms with Gasteiger partial charge in [0.25, 0.3) is 0 Å². The molecule has 0 radical (unpaired) electrons. The first-order valence-electron chi connectivity index (χ1n) is 4.37. The van der Waals surface area contributed by atoms with E-state index >= 15 is 0 Å². The maximum atomic E-state index is 9.29. The highest BCUT2D eigenvalue weighted by Gasteiger charge is 2.10. The van der Waals surface area contributed by atoms with Crippen molar-refractivity contribution < 1.29 is 5.21 Å². The second kappa shape index (κ2) is 3.25. The highest BCUT2D eigenvalue weighted by molar-refractivity contribution is 5.28. The van der Waals surface area contributed by atoms with Crippen molar-refractivity contribution >= 4 is 0 Å². The number of benzene rings is 1. The standard InChI is InChI=1S/C10H13NO/c12-11-7-5-9-3-1-2-4-10(9)6-8-11/h1-4,12H,5-8H2. The van der Waals surface area contributed by atoms with E-state index < -0.39 is 0 Å². The molecule has 0 saturated heterocycles. The molecule has 1 aromatic rings. The molecule has 1 aromatic carbocycles. The summed E-state index contributed by atoms with van der Waals surface area (Å²) in [5.74, 6) is 0. The van der Waals surface area contributed by atoms with Crippen molar-refractivity contribution in [1.82, 2.24) is 5.06 Å². The first-order valence-corrected chi connectivity index (χ1v) is 4.37. The zero-order chi connectivity index (χ0) is 8.39. The van der Waals surface area contributed by atoms with E-state index in [0.29, 0.717) is 0 Å². The maximum absolute atomic E-state index is 9.29. The minimum Gasteiger partial charge on any atom is -0.314 e. The Kier molecular flexibility index (Phi) is 2.11. The molecule has 0 amide bonds. The molecule has 0 atom stereocenters. The van der Waals surface area contributed by atoms with Crippen molar-refractivity contribution in [3.63, 3.8) is 0 Å². The molecular formula is C10H13NO. The van der Waals surface area contributed by atoms with Gasteiger partial charge in [-0.15, -0.1) is 0 Å². The van der Waals surface area contributed by atoms with Crippen molar-refractivity contribution in [1.29, 1.82) is 0 Å². The van der Waals surface area contributed by atoms with Crippen molar-refractivity contribution in [3.05, 3.63) is 35.4 Å². The van der Waals surface area contributed by atoms with Crippen molar-refractivity contribution in [2.45, 2.75) is 12.8 Å². The van der Waals surface area contributed by atoms with Crippen LogP contribution in [0.25, 0.3) is 0 Å². The third-order valence-electron chi connectivity index (χ3n) is 2.40. The average Bonchev–Trinajstić information content (AvgIpc) is 2.29. The zero-order valence-electron chi connectivity index (χ0n) is 7.03. The molecule has 0 bridgehead atoms. The molecule has 0 aromatic heterocycles. The van der Waals surface area contributed by atoms with Gasteiger partial charge in [-0.05, 0) is 24.0 Å². The SMILES string of the molecule is ON1CCc2ccccc2CC1. The molecule has 1 heterocycles. The number of hydrogen-bond acceptors (Lipinski definition) is 2. The van der Waals surface area contributed by atoms with Gasteiger partial charge in [0.1, 0.15) is 0 Å². The molecular weight excluding hydrogens is 150 g/mol. The molecule has 64 valence electrons. The van der Waals surface area contributed by atoms with Crippen molar-refractivity contribution in [2.24, 2.45) is 0 Å². The third kappa shape index (κ3) is 1.49. The first-order chi connectivity index (χ1) is 5.86. The molecule has 1 aliphatic heterocycles. The fraction of sp³-hybridized carbons (Fsp3) is 0.400. The van der Waals surface area contributed by atoms with Crippen molar-refractivity contribution in [2.75, 3.05) is 13.1 Å². The van der Waals surface area contributed by atoms with Gasteiger partial charge in [0.05, 0.1) is 0 Å². The van der Waals surface area contributed by atoms with Crippen LogP contribution in [0.15, 0.2) is 24.3 Å². The average molecular weight is 163 g/mol. The Morgan fingerprint density at radius 2 is 1.50 bits per heavy atom. The lowest BCUT2D eigenvalue weighted by Crippen LogP contribution is -2.21. The molecule has 0 aliphatic carbocycles. The summed E-state index contributed by atoms with van der Waals surface area (Å²) in [6.07, 6.45) is 1.93. The van der Waals surface area contributed by atoms with E-state index in [0.717, 1.165) is 25.9 Å². The molecule has 2 rings (SSSR count). The summed E-state index contributed by atoms with van der Waals surface area (Å²) in [6, 6.07) is 8.42. The number of rotatable bonds is 0. The van der Waals surface area contributed by atoms with Crippen LogP contribution in [0.2, 0.25) is 0 Å². The minimum absolute atomic E-state index is 0.761. The van der Waals surface area contributed by atoms with Crippen LogP contribution in [0, 0.1) is 0 Å². The van der Waals surface area contributed by atoms with Crippen LogP contribution in [-0.2, 0) is 12.8 Å². The topological polar surface area (TPSA) is 23.5 Å². The number of hydroxylamine groups is 2. The lowest BCUT2D eigenvalue weighted by Gasteiger charge is -2.08. The van der Waals surface area contributed by atoms with Gasteiger partial charge in [0.2, 0.25) is 0 Å². The number of fused-ring (bicyclic) bond motifs is 1. The third-order valence-corrected chi connectivity index (χ3v) is 2.40. The van der Waals surface area contributed by atoms with Gasteiger partial charge in [-0.25, -0.2) is 0 Å². The van der Waals surface area contributed by atoms with Gasteiger partial charge in [0, 0.05) is 13.1 Å². The van der Waals surface area contributed by atoms with Crippen molar-refractivity contribution in [3.8, 4) is 0 Å². The Bertz CT molecular complexity index is 245. The van der Waals surface area contributed by atoms with E-state index in [1.165, 1.54) is 16.2 Å². The van der Waals surface area contributed by atoms with Gasteiger partial charge in [-0.3, -0.25) is 0 Å². The van der Waals surface area contributed by atoms with Crippen LogP contribution in [0.1, 0.15) is 11.1 Å². The van der Waals surface area contributed by atoms with E-state index in [4.69, 9.17) is 0 Å². The highest BCUT2D eigenvalue weighted by atomic mass is 16.5. The molecule has 1 N–H and O–H groups in total. The van der Waals surface area contributed by atoms with Gasteiger partial charge in [0.15, 0.2) is 0 Å². The highest BCUT2D eigenvalue weighted by Crippen LogP contribution is 2.13. The van der Waals surface area contributed by atoms with Crippen LogP contribution >= 0.6 is 0 Å². The molecule has 2 heteroatoms. The largest absolute Gasteiger partial charge is 0.314 e. The molecule has 1 aliphatic rings. The summed E-state index contributed by atoms with van der Waals surface area (Å²) in [7, 11) is 0. The molecule has 12 heavy (non-hydrogen) atoms. The van der Waals surface area contributed by atoms with Gasteiger partial charge < -0.3 is 5.21 Å². The predicted octanol–water partition coefficient (Wildman–Crippen LogP) is 1.48. The maximum Gasteiger partial charge on any atom is 0.0278 e. The Morgan fingerprint density at radius 1 is 1.00 bits per heavy atom. The summed E-state index contributed by atoms with van der Waals surface area (Å²) < 4.78 is 0. The lowest BCUT2D eigenvalue weighted by atomic mass is 10.0. The minimum atomic E-state index is 0.761. The summed E-state index contributed by atoms with van der Waals surface area (Å²) in [6.45, 7) is 1.52. The second-order valence-corrected chi connectivity index (χ2v) is 3.22. The quantitative estimate of drug-likeness (QED) is 0.626. The lowest BCUT2D eigenvalue weighted by molar-refractivity contribution is -0.0867. The summed E-state index contributed by atoms with van der Waals surface area (Å²) in [5.41, 5.74) is 2.77. The first kappa shape index (κ1) is 7.77. The van der Waals surface area contributed by atoms with Gasteiger partial charge >= 0.3 is 0 Å². The van der Waals surface area contributed by atoms with Gasteiger partial charge in [-0.2, -0.15) is 5.06 Å². The van der Waals surface area contributed by atoms with Crippen LogP contribution < -0.4 is 0 Å². The van der Waals surface area contributed by atoms with Gasteiger partial charge in [-0.1, -0.05) is 24.3 Å². The Balaban J connectivity index is 2.26. The Morgan fingerprint density at radius 3 is 2.00 bits per heavy atom. The van der Waals surface area contributed by atoms with E-state index in [9.17, 15) is 5.21 Å². The summed E-state index contributed by atoms with van der Waals surface area (Å²) >= 11 is 0. The van der Waals surface area contributed by atoms with E-state index in [2.05, 4.69) is 24.3 Å². The smallest absolute Gasteiger partial charge is 0.0278 e. The Hall–Kier alpha value is -0.860. The van der Waals surface area contributed by atoms with E-state index in [1.807, 2.05) is 0 Å². The molecule has 0 unspecified atom stereocenters. The second-order valence-electron chi connectivity index (χ2n) is 3.22. The molecule has 2 nitrogen and oxygen atoms in total. The van der Waals surface area contributed by atoms with Crippen LogP contribution in [-0.4, -0.2) is 23.4 Å². The van der Waals surface area contributed by atoms with Crippen LogP contribution in [0.5, 0.6) is 0 Å². The van der Waals surface area contributed by atoms with Crippen LogP contribution in [0.3, 0.4) is 0 Å². The van der Waals surface area contributed by atoms with E-state index in [1.54, 1.807) is 0 Å². The van der Waals surface area contributed by atoms with E-state index in [-0.39, 0.29) is 0 Å². The zero-order valence-corrected chi connectivity index (χ0v) is 7.03. The van der Waals surface area contributed by atoms with Crippen LogP contribution in [0.4, 0.5) is 0 Å². The summed E-state index contributed by atoms with van der Waals surface area (Å²) in [4.78, 5) is 0.